The summed E-state index contributed by atoms with van der Waals surface area (Å²) < 4.78 is 12.0. The quantitative estimate of drug-likeness (QED) is 0.622. The molecule has 3 aromatic rings. The molecule has 1 fully saturated rings. The van der Waals surface area contributed by atoms with Gasteiger partial charge < -0.3 is 20.2 Å². The van der Waals surface area contributed by atoms with Crippen LogP contribution in [0.4, 0.5) is 0 Å². The number of nitrogens with zero attached hydrogens (tertiary/aromatic N) is 1. The highest BCUT2D eigenvalue weighted by Crippen LogP contribution is 2.26. The van der Waals surface area contributed by atoms with Crippen molar-refractivity contribution in [2.75, 3.05) is 26.3 Å². The number of nitrogens with one attached hydrogen (secondary N) is 1. The van der Waals surface area contributed by atoms with Crippen LogP contribution in [0.5, 0.6) is 5.75 Å². The van der Waals surface area contributed by atoms with Gasteiger partial charge in [0, 0.05) is 36.4 Å². The molecule has 2 aromatic carbocycles. The smallest absolute Gasteiger partial charge is 0.220 e. The molecule has 7 heteroatoms. The predicted octanol–water partition coefficient (Wildman–Crippen LogP) is 3.35. The van der Waals surface area contributed by atoms with Crippen molar-refractivity contribution in [1.82, 2.24) is 9.88 Å². The fourth-order valence-electron chi connectivity index (χ4n) is 3.84. The first-order valence-electron chi connectivity index (χ1n) is 9.60. The standard InChI is InChI=1S/C22H24ClN3O3/c23-18-2-1-3-19(11-18)28-15-22(12-21(24)27)14-26(8-9-29-22)13-16-4-5-17-6-7-25-20(17)10-16/h1-7,10-11,25H,8-9,12-15H2,(H2,24,27)/t22-/m0/s1. The fourth-order valence-corrected chi connectivity index (χ4v) is 4.02. The van der Waals surface area contributed by atoms with E-state index in [9.17, 15) is 4.79 Å². The maximum atomic E-state index is 11.8. The third kappa shape index (κ3) is 4.90. The second-order valence-corrected chi connectivity index (χ2v) is 7.97. The van der Waals surface area contributed by atoms with Crippen molar-refractivity contribution in [2.45, 2.75) is 18.6 Å². The van der Waals surface area contributed by atoms with Crippen molar-refractivity contribution in [2.24, 2.45) is 5.73 Å². The fraction of sp³-hybridized carbons (Fsp3) is 0.318. The van der Waals surface area contributed by atoms with E-state index in [1.807, 2.05) is 18.3 Å². The number of carbonyl (C=O) groups is 1. The number of primary amides is 1. The molecule has 1 aliphatic heterocycles. The van der Waals surface area contributed by atoms with E-state index in [4.69, 9.17) is 26.8 Å². The summed E-state index contributed by atoms with van der Waals surface area (Å²) in [6.07, 6.45) is 2.04. The summed E-state index contributed by atoms with van der Waals surface area (Å²) in [5.41, 5.74) is 7.06. The van der Waals surface area contributed by atoms with Gasteiger partial charge in [-0.05, 0) is 41.3 Å². The minimum atomic E-state index is -0.789. The molecule has 0 unspecified atom stereocenters. The maximum Gasteiger partial charge on any atom is 0.220 e. The van der Waals surface area contributed by atoms with Crippen LogP contribution in [-0.4, -0.2) is 47.7 Å². The topological polar surface area (TPSA) is 80.6 Å². The van der Waals surface area contributed by atoms with Gasteiger partial charge in [0.2, 0.25) is 5.91 Å². The Morgan fingerprint density at radius 3 is 3.00 bits per heavy atom. The highest BCUT2D eigenvalue weighted by molar-refractivity contribution is 6.30. The Morgan fingerprint density at radius 1 is 1.28 bits per heavy atom. The van der Waals surface area contributed by atoms with Crippen LogP contribution in [0.15, 0.2) is 54.7 Å². The molecular weight excluding hydrogens is 390 g/mol. The molecule has 1 atom stereocenters. The van der Waals surface area contributed by atoms with Crippen molar-refractivity contribution in [3.8, 4) is 5.75 Å². The highest BCUT2D eigenvalue weighted by atomic mass is 35.5. The van der Waals surface area contributed by atoms with Crippen LogP contribution >= 0.6 is 11.6 Å². The van der Waals surface area contributed by atoms with Gasteiger partial charge in [-0.1, -0.05) is 29.8 Å². The summed E-state index contributed by atoms with van der Waals surface area (Å²) in [6.45, 7) is 2.83. The molecule has 1 amide bonds. The van der Waals surface area contributed by atoms with E-state index in [-0.39, 0.29) is 13.0 Å². The minimum absolute atomic E-state index is 0.0970. The number of fused-ring (bicyclic) bond motifs is 1. The zero-order valence-electron chi connectivity index (χ0n) is 16.1. The molecule has 1 saturated heterocycles. The van der Waals surface area contributed by atoms with E-state index in [0.717, 1.165) is 18.6 Å². The molecule has 1 aliphatic rings. The number of aromatic amines is 1. The monoisotopic (exact) mass is 413 g/mol. The van der Waals surface area contributed by atoms with Crippen LogP contribution in [-0.2, 0) is 16.1 Å². The Kier molecular flexibility index (Phi) is 5.76. The Labute approximate surface area is 174 Å². The molecule has 2 heterocycles. The molecule has 0 spiro atoms. The van der Waals surface area contributed by atoms with Gasteiger partial charge in [-0.15, -0.1) is 0 Å². The lowest BCUT2D eigenvalue weighted by Gasteiger charge is -2.42. The largest absolute Gasteiger partial charge is 0.490 e. The zero-order valence-corrected chi connectivity index (χ0v) is 16.8. The Hall–Kier alpha value is -2.54. The van der Waals surface area contributed by atoms with E-state index in [2.05, 4.69) is 34.1 Å². The van der Waals surface area contributed by atoms with Gasteiger partial charge in [-0.25, -0.2) is 0 Å². The second-order valence-electron chi connectivity index (χ2n) is 7.53. The van der Waals surface area contributed by atoms with E-state index in [0.29, 0.717) is 23.9 Å². The minimum Gasteiger partial charge on any atom is -0.490 e. The highest BCUT2D eigenvalue weighted by Gasteiger charge is 2.39. The Morgan fingerprint density at radius 2 is 2.17 bits per heavy atom. The number of ether oxygens (including phenoxy) is 2. The number of H-pyrrole nitrogens is 1. The molecule has 6 nitrogen and oxygen atoms in total. The first-order chi connectivity index (χ1) is 14.0. The summed E-state index contributed by atoms with van der Waals surface area (Å²) in [4.78, 5) is 17.3. The number of rotatable bonds is 7. The summed E-state index contributed by atoms with van der Waals surface area (Å²) in [5, 5.41) is 1.78. The SMILES string of the molecule is NC(=O)C[C@@]1(COc2cccc(Cl)c2)CN(Cc2ccc3cc[nH]c3c2)CCO1. The number of morpholine rings is 1. The van der Waals surface area contributed by atoms with Crippen LogP contribution in [0.2, 0.25) is 5.02 Å². The molecule has 0 bridgehead atoms. The molecule has 4 rings (SSSR count). The lowest BCUT2D eigenvalue weighted by Crippen LogP contribution is -2.56. The van der Waals surface area contributed by atoms with E-state index >= 15 is 0 Å². The summed E-state index contributed by atoms with van der Waals surface area (Å²) in [6, 6.07) is 15.6. The first-order valence-corrected chi connectivity index (χ1v) is 9.98. The number of nitrogens with two attached hydrogens (primary N) is 1. The molecule has 0 radical (unpaired) electrons. The summed E-state index contributed by atoms with van der Waals surface area (Å²) in [5.74, 6) is 0.230. The summed E-state index contributed by atoms with van der Waals surface area (Å²) >= 11 is 6.04. The van der Waals surface area contributed by atoms with Crippen LogP contribution in [0.25, 0.3) is 10.9 Å². The lowest BCUT2D eigenvalue weighted by molar-refractivity contribution is -0.148. The van der Waals surface area contributed by atoms with Crippen LogP contribution < -0.4 is 10.5 Å². The van der Waals surface area contributed by atoms with Gasteiger partial charge in [0.25, 0.3) is 0 Å². The number of amides is 1. The average Bonchev–Trinajstić information content (AvgIpc) is 3.14. The van der Waals surface area contributed by atoms with Crippen molar-refractivity contribution >= 4 is 28.4 Å². The van der Waals surface area contributed by atoms with E-state index in [1.165, 1.54) is 10.9 Å². The Bertz CT molecular complexity index is 1010. The van der Waals surface area contributed by atoms with Crippen molar-refractivity contribution in [3.05, 3.63) is 65.3 Å². The van der Waals surface area contributed by atoms with Crippen molar-refractivity contribution < 1.29 is 14.3 Å². The van der Waals surface area contributed by atoms with E-state index < -0.39 is 11.5 Å². The van der Waals surface area contributed by atoms with Gasteiger partial charge in [0.05, 0.1) is 13.0 Å². The second kappa shape index (κ2) is 8.45. The number of aromatic nitrogens is 1. The number of carbonyl (C=O) groups excluding carboxylic acids is 1. The van der Waals surface area contributed by atoms with Crippen LogP contribution in [0.1, 0.15) is 12.0 Å². The van der Waals surface area contributed by atoms with Gasteiger partial charge in [0.1, 0.15) is 18.0 Å². The molecule has 152 valence electrons. The van der Waals surface area contributed by atoms with Crippen LogP contribution in [0.3, 0.4) is 0 Å². The molecule has 0 aliphatic carbocycles. The number of benzene rings is 2. The van der Waals surface area contributed by atoms with Crippen LogP contribution in [0, 0.1) is 0 Å². The van der Waals surface area contributed by atoms with Gasteiger partial charge >= 0.3 is 0 Å². The number of hydrogen-bond donors (Lipinski definition) is 2. The maximum absolute atomic E-state index is 11.8. The van der Waals surface area contributed by atoms with Crippen molar-refractivity contribution in [1.29, 1.82) is 0 Å². The molecule has 29 heavy (non-hydrogen) atoms. The molecule has 1 aromatic heterocycles. The molecule has 3 N–H and O–H groups in total. The van der Waals surface area contributed by atoms with Gasteiger partial charge in [0.15, 0.2) is 0 Å². The third-order valence-electron chi connectivity index (χ3n) is 5.15. The van der Waals surface area contributed by atoms with E-state index in [1.54, 1.807) is 12.1 Å². The van der Waals surface area contributed by atoms with Crippen molar-refractivity contribution in [3.63, 3.8) is 0 Å². The third-order valence-corrected chi connectivity index (χ3v) is 5.38. The predicted molar refractivity (Wildman–Crippen MR) is 113 cm³/mol. The lowest BCUT2D eigenvalue weighted by atomic mass is 9.97. The van der Waals surface area contributed by atoms with Gasteiger partial charge in [-0.2, -0.15) is 0 Å². The number of halogens is 1. The Balaban J connectivity index is 1.48. The average molecular weight is 414 g/mol. The normalized spacial score (nSPS) is 20.0. The van der Waals surface area contributed by atoms with Gasteiger partial charge in [-0.3, -0.25) is 9.69 Å². The zero-order chi connectivity index (χ0) is 20.3. The number of hydrogen-bond acceptors (Lipinski definition) is 4. The summed E-state index contributed by atoms with van der Waals surface area (Å²) in [7, 11) is 0. The molecular formula is C22H24ClN3O3. The molecule has 0 saturated carbocycles. The first kappa shape index (κ1) is 19.8.